The highest BCUT2D eigenvalue weighted by Crippen LogP contribution is 2.38. The van der Waals surface area contributed by atoms with Crippen LogP contribution in [0.1, 0.15) is 309 Å². The fraction of sp³-hybridized carbons (Fsp3) is 0.903. The number of unbranched alkanes of at least 4 members (excludes halogenated alkanes) is 40. The summed E-state index contributed by atoms with van der Waals surface area (Å²) in [5.41, 5.74) is 0. The molecule has 0 heterocycles. The smallest absolute Gasteiger partial charge is 0.306 e. The lowest BCUT2D eigenvalue weighted by atomic mass is 10.0. The number of ether oxygens (including phenoxy) is 2. The minimum absolute atomic E-state index is 0.0284. The molecule has 72 heavy (non-hydrogen) atoms. The average Bonchev–Trinajstić information content (AvgIpc) is 3.34. The number of nitrogens with zero attached hydrogens (tertiary/aromatic N) is 1. The summed E-state index contributed by atoms with van der Waals surface area (Å²) >= 11 is 0. The summed E-state index contributed by atoms with van der Waals surface area (Å²) in [7, 11) is 1.18. The van der Waals surface area contributed by atoms with Crippen molar-refractivity contribution >= 4 is 19.8 Å². The van der Waals surface area contributed by atoms with Gasteiger partial charge in [0, 0.05) is 12.8 Å². The second-order valence-electron chi connectivity index (χ2n) is 22.4. The van der Waals surface area contributed by atoms with Crippen LogP contribution >= 0.6 is 7.82 Å². The molecule has 0 radical (unpaired) electrons. The molecule has 0 fully saturated rings. The number of esters is 2. The van der Waals surface area contributed by atoms with E-state index < -0.39 is 26.5 Å². The number of hydrogen-bond acceptors (Lipinski definition) is 8. The Morgan fingerprint density at radius 2 is 0.708 bits per heavy atom. The molecule has 0 aromatic carbocycles. The summed E-state index contributed by atoms with van der Waals surface area (Å²) in [6, 6.07) is 0. The molecule has 0 aromatic heterocycles. The van der Waals surface area contributed by atoms with E-state index in [1.54, 1.807) is 0 Å². The van der Waals surface area contributed by atoms with E-state index in [0.717, 1.165) is 32.1 Å². The number of hydrogen-bond donors (Lipinski definition) is 0. The average molecular weight is 1040 g/mol. The summed E-state index contributed by atoms with van der Waals surface area (Å²) in [6.07, 6.45) is 65.2. The van der Waals surface area contributed by atoms with E-state index in [4.69, 9.17) is 18.5 Å². The number of quaternary nitrogens is 1. The van der Waals surface area contributed by atoms with Crippen molar-refractivity contribution in [3.63, 3.8) is 0 Å². The zero-order chi connectivity index (χ0) is 52.7. The minimum Gasteiger partial charge on any atom is -0.756 e. The maximum Gasteiger partial charge on any atom is 0.306 e. The third-order valence-corrected chi connectivity index (χ3v) is 14.9. The van der Waals surface area contributed by atoms with Gasteiger partial charge < -0.3 is 27.9 Å². The van der Waals surface area contributed by atoms with Crippen LogP contribution in [0.25, 0.3) is 0 Å². The molecule has 0 aliphatic carbocycles. The highest BCUT2D eigenvalue weighted by atomic mass is 31.2. The van der Waals surface area contributed by atoms with Crippen molar-refractivity contribution in [3.05, 3.63) is 24.3 Å². The van der Waals surface area contributed by atoms with Crippen molar-refractivity contribution in [2.45, 2.75) is 315 Å². The third-order valence-electron chi connectivity index (χ3n) is 13.9. The fourth-order valence-corrected chi connectivity index (χ4v) is 9.85. The van der Waals surface area contributed by atoms with Crippen molar-refractivity contribution < 1.29 is 42.1 Å². The normalized spacial score (nSPS) is 13.4. The molecule has 10 heteroatoms. The SMILES string of the molecule is CCCCCCCC/C=C\CCCCCCCCCCCC(=O)OCC(COP(=O)([O-])OCC[N+](C)(C)C)OC(=O)CCCCCCCCCCCCCCCCCCC/C=C\CCCCCCCCCC. The molecule has 0 spiro atoms. The Kier molecular flexibility index (Phi) is 53.1. The van der Waals surface area contributed by atoms with Crippen LogP contribution in [0.15, 0.2) is 24.3 Å². The summed E-state index contributed by atoms with van der Waals surface area (Å²) in [5.74, 6) is -0.819. The molecule has 0 rings (SSSR count). The van der Waals surface area contributed by atoms with Crippen LogP contribution in [0, 0.1) is 0 Å². The molecule has 2 unspecified atom stereocenters. The van der Waals surface area contributed by atoms with Gasteiger partial charge in [-0.15, -0.1) is 0 Å². The molecule has 0 aliphatic heterocycles. The maximum atomic E-state index is 12.8. The first-order valence-corrected chi connectivity index (χ1v) is 32.5. The van der Waals surface area contributed by atoms with Crippen LogP contribution in [0.3, 0.4) is 0 Å². The number of phosphoric ester groups is 1. The molecule has 0 amide bonds. The van der Waals surface area contributed by atoms with E-state index in [-0.39, 0.29) is 32.0 Å². The molecular weight excluding hydrogens is 918 g/mol. The van der Waals surface area contributed by atoms with Gasteiger partial charge in [0.15, 0.2) is 6.10 Å². The number of phosphoric acid groups is 1. The molecule has 0 bridgehead atoms. The van der Waals surface area contributed by atoms with E-state index in [0.29, 0.717) is 17.4 Å². The molecule has 0 N–H and O–H groups in total. The number of allylic oxidation sites excluding steroid dienone is 4. The summed E-state index contributed by atoms with van der Waals surface area (Å²) < 4.78 is 34.2. The van der Waals surface area contributed by atoms with Crippen molar-refractivity contribution in [1.29, 1.82) is 0 Å². The number of likely N-dealkylation sites (N-methyl/N-ethyl adjacent to an activating group) is 1. The Morgan fingerprint density at radius 1 is 0.417 bits per heavy atom. The quantitative estimate of drug-likeness (QED) is 0.0195. The lowest BCUT2D eigenvalue weighted by Gasteiger charge is -2.28. The lowest BCUT2D eigenvalue weighted by Crippen LogP contribution is -2.37. The van der Waals surface area contributed by atoms with Crippen LogP contribution in [0.4, 0.5) is 0 Å². The van der Waals surface area contributed by atoms with Crippen LogP contribution in [0.2, 0.25) is 0 Å². The molecule has 0 aliphatic rings. The van der Waals surface area contributed by atoms with Crippen molar-refractivity contribution in [1.82, 2.24) is 0 Å². The van der Waals surface area contributed by atoms with Gasteiger partial charge in [-0.1, -0.05) is 256 Å². The Labute approximate surface area is 447 Å². The molecule has 0 aromatic rings. The summed E-state index contributed by atoms with van der Waals surface area (Å²) in [5, 5.41) is 0. The largest absolute Gasteiger partial charge is 0.756 e. The zero-order valence-corrected chi connectivity index (χ0v) is 49.3. The van der Waals surface area contributed by atoms with E-state index in [1.165, 1.54) is 244 Å². The van der Waals surface area contributed by atoms with Gasteiger partial charge in [-0.05, 0) is 64.2 Å². The number of carbonyl (C=O) groups excluding carboxylic acids is 2. The highest BCUT2D eigenvalue weighted by molar-refractivity contribution is 7.45. The van der Waals surface area contributed by atoms with Gasteiger partial charge in [0.2, 0.25) is 0 Å². The van der Waals surface area contributed by atoms with E-state index in [1.807, 2.05) is 21.1 Å². The predicted octanol–water partition coefficient (Wildman–Crippen LogP) is 18.7. The van der Waals surface area contributed by atoms with Gasteiger partial charge >= 0.3 is 11.9 Å². The molecule has 0 saturated heterocycles. The number of carbonyl (C=O) groups is 2. The van der Waals surface area contributed by atoms with Crippen molar-refractivity contribution in [2.24, 2.45) is 0 Å². The van der Waals surface area contributed by atoms with E-state index >= 15 is 0 Å². The molecule has 2 atom stereocenters. The van der Waals surface area contributed by atoms with Crippen molar-refractivity contribution in [3.8, 4) is 0 Å². The topological polar surface area (TPSA) is 111 Å². The van der Waals surface area contributed by atoms with Crippen LogP contribution in [0.5, 0.6) is 0 Å². The third kappa shape index (κ3) is 57.8. The monoisotopic (exact) mass is 1040 g/mol. The van der Waals surface area contributed by atoms with Gasteiger partial charge in [-0.3, -0.25) is 14.2 Å². The predicted molar refractivity (Wildman–Crippen MR) is 305 cm³/mol. The Bertz CT molecular complexity index is 1270. The van der Waals surface area contributed by atoms with Crippen LogP contribution in [-0.2, 0) is 32.7 Å². The van der Waals surface area contributed by atoms with Gasteiger partial charge in [0.05, 0.1) is 27.7 Å². The summed E-state index contributed by atoms with van der Waals surface area (Å²) in [6.45, 7) is 4.29. The van der Waals surface area contributed by atoms with Gasteiger partial charge in [0.25, 0.3) is 7.82 Å². The van der Waals surface area contributed by atoms with E-state index in [9.17, 15) is 19.0 Å². The number of rotatable bonds is 58. The Morgan fingerprint density at radius 3 is 1.03 bits per heavy atom. The second kappa shape index (κ2) is 54.3. The highest BCUT2D eigenvalue weighted by Gasteiger charge is 2.22. The first kappa shape index (κ1) is 70.5. The molecule has 9 nitrogen and oxygen atoms in total. The fourth-order valence-electron chi connectivity index (χ4n) is 9.12. The first-order valence-electron chi connectivity index (χ1n) is 31.0. The van der Waals surface area contributed by atoms with Gasteiger partial charge in [0.1, 0.15) is 19.8 Å². The van der Waals surface area contributed by atoms with Crippen LogP contribution in [-0.4, -0.2) is 70.0 Å². The van der Waals surface area contributed by atoms with Gasteiger partial charge in [-0.25, -0.2) is 0 Å². The maximum absolute atomic E-state index is 12.8. The standard InChI is InChI=1S/C62H120NO8P/c1-6-8-10-12-14-16-18-20-22-24-26-27-28-29-30-31-32-33-34-35-37-39-41-43-45-47-49-51-53-55-62(65)71-60(59-70-72(66,67)69-57-56-63(3,4)5)58-68-61(64)54-52-50-48-46-44-42-40-38-36-25-23-21-19-17-15-13-11-9-7-2/h21,23-24,26,60H,6-20,22,25,27-59H2,1-5H3/b23-21-,26-24-. The molecular formula is C62H120NO8P. The lowest BCUT2D eigenvalue weighted by molar-refractivity contribution is -0.870. The second-order valence-corrected chi connectivity index (χ2v) is 23.8. The van der Waals surface area contributed by atoms with Crippen LogP contribution < -0.4 is 4.89 Å². The summed E-state index contributed by atoms with van der Waals surface area (Å²) in [4.78, 5) is 37.9. The Balaban J connectivity index is 4.06. The van der Waals surface area contributed by atoms with E-state index in [2.05, 4.69) is 38.2 Å². The minimum atomic E-state index is -4.63. The zero-order valence-electron chi connectivity index (χ0n) is 48.4. The first-order chi connectivity index (χ1) is 35.0. The van der Waals surface area contributed by atoms with Gasteiger partial charge in [-0.2, -0.15) is 0 Å². The Hall–Kier alpha value is -1.51. The van der Waals surface area contributed by atoms with Crippen molar-refractivity contribution in [2.75, 3.05) is 47.5 Å². The molecule has 426 valence electrons. The molecule has 0 saturated carbocycles.